The summed E-state index contributed by atoms with van der Waals surface area (Å²) in [5.74, 6) is -0.447. The van der Waals surface area contributed by atoms with Gasteiger partial charge < -0.3 is 0 Å². The third kappa shape index (κ3) is 1.91. The number of hydrogen-bond acceptors (Lipinski definition) is 2. The van der Waals surface area contributed by atoms with Crippen LogP contribution in [0.15, 0.2) is 48.6 Å². The SMILES string of the molecule is C=C/C(C)=C\CN1C(=O)c2ccccc2C1=O. The minimum atomic E-state index is -0.223. The van der Waals surface area contributed by atoms with Crippen molar-refractivity contribution >= 4 is 11.8 Å². The summed E-state index contributed by atoms with van der Waals surface area (Å²) in [6, 6.07) is 6.88. The number of carbonyl (C=O) groups excluding carboxylic acids is 2. The quantitative estimate of drug-likeness (QED) is 0.587. The van der Waals surface area contributed by atoms with Gasteiger partial charge in [0.1, 0.15) is 0 Å². The third-order valence-electron chi connectivity index (χ3n) is 2.80. The molecule has 0 aliphatic carbocycles. The maximum Gasteiger partial charge on any atom is 0.261 e. The molecule has 0 unspecified atom stereocenters. The van der Waals surface area contributed by atoms with Gasteiger partial charge in [-0.05, 0) is 19.1 Å². The molecule has 0 bridgehead atoms. The smallest absolute Gasteiger partial charge is 0.261 e. The van der Waals surface area contributed by atoms with Crippen molar-refractivity contribution in [2.24, 2.45) is 0 Å². The lowest BCUT2D eigenvalue weighted by atomic mass is 10.1. The maximum absolute atomic E-state index is 12.0. The van der Waals surface area contributed by atoms with Crippen molar-refractivity contribution in [3.05, 3.63) is 59.7 Å². The molecule has 0 saturated carbocycles. The van der Waals surface area contributed by atoms with Gasteiger partial charge in [-0.2, -0.15) is 0 Å². The zero-order valence-corrected chi connectivity index (χ0v) is 9.64. The standard InChI is InChI=1S/C14H13NO2/c1-3-10(2)8-9-15-13(16)11-6-4-5-7-12(11)14(15)17/h3-8H,1,9H2,2H3/b10-8-. The van der Waals surface area contributed by atoms with Crippen molar-refractivity contribution in [2.75, 3.05) is 6.54 Å². The molecule has 3 nitrogen and oxygen atoms in total. The van der Waals surface area contributed by atoms with E-state index in [1.165, 1.54) is 4.90 Å². The molecule has 2 rings (SSSR count). The largest absolute Gasteiger partial charge is 0.270 e. The second-order valence-corrected chi connectivity index (χ2v) is 3.92. The first-order chi connectivity index (χ1) is 8.15. The highest BCUT2D eigenvalue weighted by atomic mass is 16.2. The summed E-state index contributed by atoms with van der Waals surface area (Å²) in [7, 11) is 0. The summed E-state index contributed by atoms with van der Waals surface area (Å²) in [4.78, 5) is 25.2. The van der Waals surface area contributed by atoms with Gasteiger partial charge in [0.25, 0.3) is 11.8 Å². The van der Waals surface area contributed by atoms with E-state index in [1.807, 2.05) is 13.0 Å². The zero-order chi connectivity index (χ0) is 12.4. The predicted molar refractivity (Wildman–Crippen MR) is 65.8 cm³/mol. The molecular weight excluding hydrogens is 214 g/mol. The Morgan fingerprint density at radius 2 is 1.76 bits per heavy atom. The van der Waals surface area contributed by atoms with Crippen molar-refractivity contribution in [3.8, 4) is 0 Å². The van der Waals surface area contributed by atoms with Crippen molar-refractivity contribution in [1.82, 2.24) is 4.90 Å². The van der Waals surface area contributed by atoms with Gasteiger partial charge in [0, 0.05) is 6.54 Å². The Balaban J connectivity index is 2.28. The normalized spacial score (nSPS) is 15.1. The van der Waals surface area contributed by atoms with Gasteiger partial charge in [-0.1, -0.05) is 36.4 Å². The Morgan fingerprint density at radius 3 is 2.24 bits per heavy atom. The van der Waals surface area contributed by atoms with E-state index >= 15 is 0 Å². The van der Waals surface area contributed by atoms with E-state index in [-0.39, 0.29) is 11.8 Å². The van der Waals surface area contributed by atoms with Crippen LogP contribution in [0.25, 0.3) is 0 Å². The molecule has 17 heavy (non-hydrogen) atoms. The van der Waals surface area contributed by atoms with E-state index in [0.29, 0.717) is 17.7 Å². The van der Waals surface area contributed by atoms with Gasteiger partial charge in [0.2, 0.25) is 0 Å². The molecule has 0 atom stereocenters. The summed E-state index contributed by atoms with van der Waals surface area (Å²) in [5.41, 5.74) is 1.92. The van der Waals surface area contributed by atoms with Crippen LogP contribution in [-0.2, 0) is 0 Å². The molecule has 0 radical (unpaired) electrons. The molecule has 1 aromatic carbocycles. The minimum absolute atomic E-state index is 0.223. The molecule has 2 amide bonds. The van der Waals surface area contributed by atoms with Crippen LogP contribution in [0.2, 0.25) is 0 Å². The summed E-state index contributed by atoms with van der Waals surface area (Å²) < 4.78 is 0. The van der Waals surface area contributed by atoms with E-state index in [2.05, 4.69) is 6.58 Å². The Labute approximate surface area is 100 Å². The first-order valence-corrected chi connectivity index (χ1v) is 5.39. The number of amides is 2. The van der Waals surface area contributed by atoms with Gasteiger partial charge in [-0.25, -0.2) is 0 Å². The van der Waals surface area contributed by atoms with Crippen LogP contribution in [0, 0.1) is 0 Å². The van der Waals surface area contributed by atoms with Gasteiger partial charge >= 0.3 is 0 Å². The Morgan fingerprint density at radius 1 is 1.24 bits per heavy atom. The Hall–Kier alpha value is -2.16. The molecule has 3 heteroatoms. The number of allylic oxidation sites excluding steroid dienone is 2. The fraction of sp³-hybridized carbons (Fsp3) is 0.143. The number of hydrogen-bond donors (Lipinski definition) is 0. The summed E-state index contributed by atoms with van der Waals surface area (Å²) in [6.07, 6.45) is 3.51. The van der Waals surface area contributed by atoms with Crippen LogP contribution in [-0.4, -0.2) is 23.3 Å². The van der Waals surface area contributed by atoms with Gasteiger partial charge in [-0.3, -0.25) is 14.5 Å². The van der Waals surface area contributed by atoms with Crippen molar-refractivity contribution in [3.63, 3.8) is 0 Å². The molecule has 0 spiro atoms. The van der Waals surface area contributed by atoms with E-state index in [0.717, 1.165) is 5.57 Å². The predicted octanol–water partition coefficient (Wildman–Crippen LogP) is 2.41. The average molecular weight is 227 g/mol. The van der Waals surface area contributed by atoms with Crippen molar-refractivity contribution in [1.29, 1.82) is 0 Å². The Bertz CT molecular complexity index is 494. The minimum Gasteiger partial charge on any atom is -0.270 e. The van der Waals surface area contributed by atoms with E-state index in [9.17, 15) is 9.59 Å². The fourth-order valence-electron chi connectivity index (χ4n) is 1.72. The van der Waals surface area contributed by atoms with Gasteiger partial charge in [0.05, 0.1) is 11.1 Å². The summed E-state index contributed by atoms with van der Waals surface area (Å²) in [6.45, 7) is 5.80. The van der Waals surface area contributed by atoms with E-state index in [1.54, 1.807) is 30.3 Å². The topological polar surface area (TPSA) is 37.4 Å². The highest BCUT2D eigenvalue weighted by molar-refractivity contribution is 6.21. The first kappa shape index (κ1) is 11.3. The lowest BCUT2D eigenvalue weighted by molar-refractivity contribution is 0.0672. The van der Waals surface area contributed by atoms with Crippen molar-refractivity contribution in [2.45, 2.75) is 6.92 Å². The maximum atomic E-state index is 12.0. The second kappa shape index (κ2) is 4.37. The van der Waals surface area contributed by atoms with Crippen LogP contribution < -0.4 is 0 Å². The molecule has 0 aromatic heterocycles. The third-order valence-corrected chi connectivity index (χ3v) is 2.80. The van der Waals surface area contributed by atoms with Gasteiger partial charge in [-0.15, -0.1) is 0 Å². The molecule has 0 N–H and O–H groups in total. The van der Waals surface area contributed by atoms with Crippen LogP contribution >= 0.6 is 0 Å². The monoisotopic (exact) mass is 227 g/mol. The van der Waals surface area contributed by atoms with Crippen molar-refractivity contribution < 1.29 is 9.59 Å². The molecule has 1 aliphatic rings. The zero-order valence-electron chi connectivity index (χ0n) is 9.64. The number of imide groups is 1. The lowest BCUT2D eigenvalue weighted by Crippen LogP contribution is -2.29. The second-order valence-electron chi connectivity index (χ2n) is 3.92. The number of rotatable bonds is 3. The van der Waals surface area contributed by atoms with Crippen LogP contribution in [0.1, 0.15) is 27.6 Å². The lowest BCUT2D eigenvalue weighted by Gasteiger charge is -2.10. The summed E-state index contributed by atoms with van der Waals surface area (Å²) in [5, 5.41) is 0. The molecule has 0 saturated heterocycles. The molecule has 1 heterocycles. The molecule has 86 valence electrons. The highest BCUT2D eigenvalue weighted by Crippen LogP contribution is 2.22. The summed E-state index contributed by atoms with van der Waals surface area (Å²) >= 11 is 0. The molecule has 0 fully saturated rings. The fourth-order valence-corrected chi connectivity index (χ4v) is 1.72. The highest BCUT2D eigenvalue weighted by Gasteiger charge is 2.34. The van der Waals surface area contributed by atoms with E-state index < -0.39 is 0 Å². The van der Waals surface area contributed by atoms with Crippen LogP contribution in [0.4, 0.5) is 0 Å². The average Bonchev–Trinajstić information content (AvgIpc) is 2.60. The van der Waals surface area contributed by atoms with Crippen LogP contribution in [0.3, 0.4) is 0 Å². The number of benzene rings is 1. The number of fused-ring (bicyclic) bond motifs is 1. The first-order valence-electron chi connectivity index (χ1n) is 5.39. The molecular formula is C14H13NO2. The van der Waals surface area contributed by atoms with Crippen LogP contribution in [0.5, 0.6) is 0 Å². The van der Waals surface area contributed by atoms with Gasteiger partial charge in [0.15, 0.2) is 0 Å². The Kier molecular flexibility index (Phi) is 2.91. The molecule has 1 aliphatic heterocycles. The number of nitrogens with zero attached hydrogens (tertiary/aromatic N) is 1. The number of carbonyl (C=O) groups is 2. The molecule has 1 aromatic rings. The van der Waals surface area contributed by atoms with E-state index in [4.69, 9.17) is 0 Å².